The maximum absolute atomic E-state index is 10.2. The smallest absolute Gasteiger partial charge is 0.298 e. The third-order valence-corrected chi connectivity index (χ3v) is 2.93. The molecule has 0 heterocycles. The van der Waals surface area contributed by atoms with Gasteiger partial charge in [0.05, 0.1) is 0 Å². The first kappa shape index (κ1) is 9.25. The topological polar surface area (TPSA) is 26.3 Å². The summed E-state index contributed by atoms with van der Waals surface area (Å²) in [5, 5.41) is 0. The molecule has 2 heteroatoms. The van der Waals surface area contributed by atoms with Gasteiger partial charge in [0.2, 0.25) is 0 Å². The summed E-state index contributed by atoms with van der Waals surface area (Å²) in [5.41, 5.74) is 2.76. The van der Waals surface area contributed by atoms with Crippen LogP contribution in [0.3, 0.4) is 0 Å². The molecule has 0 amide bonds. The average Bonchev–Trinajstić information content (AvgIpc) is 2.85. The van der Waals surface area contributed by atoms with Crippen LogP contribution in [0.1, 0.15) is 30.9 Å². The van der Waals surface area contributed by atoms with Gasteiger partial charge in [-0.15, -0.1) is 0 Å². The van der Waals surface area contributed by atoms with Crippen LogP contribution in [-0.2, 0) is 10.2 Å². The number of hydrogen-bond acceptors (Lipinski definition) is 2. The van der Waals surface area contributed by atoms with Gasteiger partial charge in [-0.05, 0) is 48.4 Å². The van der Waals surface area contributed by atoms with Gasteiger partial charge in [-0.3, -0.25) is 4.79 Å². The summed E-state index contributed by atoms with van der Waals surface area (Å²) in [7, 11) is 0. The normalized spacial score (nSPS) is 17.6. The molecule has 1 fully saturated rings. The molecule has 1 aromatic carbocycles. The van der Waals surface area contributed by atoms with Crippen LogP contribution in [0.4, 0.5) is 0 Å². The average molecular weight is 190 g/mol. The largest absolute Gasteiger partial charge is 0.429 e. The summed E-state index contributed by atoms with van der Waals surface area (Å²) in [5.74, 6) is 0.656. The van der Waals surface area contributed by atoms with E-state index in [1.54, 1.807) is 0 Å². The number of benzene rings is 1. The van der Waals surface area contributed by atoms with Crippen LogP contribution >= 0.6 is 0 Å². The Balaban J connectivity index is 2.36. The van der Waals surface area contributed by atoms with Crippen LogP contribution in [-0.4, -0.2) is 6.47 Å². The number of ether oxygens (including phenoxy) is 1. The summed E-state index contributed by atoms with van der Waals surface area (Å²) in [6.07, 6.45) is 2.47. The summed E-state index contributed by atoms with van der Waals surface area (Å²) in [6.45, 7) is 4.74. The lowest BCUT2D eigenvalue weighted by Gasteiger charge is -2.11. The van der Waals surface area contributed by atoms with E-state index in [-0.39, 0.29) is 0 Å². The lowest BCUT2D eigenvalue weighted by molar-refractivity contribution is -0.120. The van der Waals surface area contributed by atoms with E-state index in [9.17, 15) is 4.79 Å². The Bertz CT molecular complexity index is 365. The molecule has 0 radical (unpaired) electrons. The maximum atomic E-state index is 10.2. The Morgan fingerprint density at radius 1 is 1.36 bits per heavy atom. The van der Waals surface area contributed by atoms with Crippen molar-refractivity contribution in [3.05, 3.63) is 29.3 Å². The van der Waals surface area contributed by atoms with Gasteiger partial charge in [-0.25, -0.2) is 0 Å². The first-order valence-corrected chi connectivity index (χ1v) is 4.86. The second-order valence-electron chi connectivity index (χ2n) is 4.31. The Kier molecular flexibility index (Phi) is 2.06. The molecule has 74 valence electrons. The van der Waals surface area contributed by atoms with Crippen molar-refractivity contribution in [3.63, 3.8) is 0 Å². The van der Waals surface area contributed by atoms with Crippen LogP contribution < -0.4 is 4.74 Å². The van der Waals surface area contributed by atoms with Crippen molar-refractivity contribution in [1.29, 1.82) is 0 Å². The number of aryl methyl sites for hydroxylation is 1. The summed E-state index contributed by atoms with van der Waals surface area (Å²) >= 11 is 0. The SMILES string of the molecule is Cc1cc(OC=O)cc(C2(C)CC2)c1. The van der Waals surface area contributed by atoms with Crippen molar-refractivity contribution in [2.75, 3.05) is 0 Å². The van der Waals surface area contributed by atoms with Crippen molar-refractivity contribution in [1.82, 2.24) is 0 Å². The van der Waals surface area contributed by atoms with Gasteiger partial charge in [0, 0.05) is 0 Å². The Morgan fingerprint density at radius 3 is 2.64 bits per heavy atom. The molecule has 0 atom stereocenters. The number of hydrogen-bond donors (Lipinski definition) is 0. The minimum Gasteiger partial charge on any atom is -0.429 e. The fourth-order valence-electron chi connectivity index (χ4n) is 1.70. The molecule has 1 saturated carbocycles. The predicted molar refractivity (Wildman–Crippen MR) is 54.5 cm³/mol. The summed E-state index contributed by atoms with van der Waals surface area (Å²) < 4.78 is 4.87. The quantitative estimate of drug-likeness (QED) is 0.685. The fourth-order valence-corrected chi connectivity index (χ4v) is 1.70. The Morgan fingerprint density at radius 2 is 2.07 bits per heavy atom. The van der Waals surface area contributed by atoms with Crippen LogP contribution in [0.2, 0.25) is 0 Å². The molecule has 14 heavy (non-hydrogen) atoms. The third-order valence-electron chi connectivity index (χ3n) is 2.93. The molecule has 0 spiro atoms. The van der Waals surface area contributed by atoms with Crippen LogP contribution in [0.15, 0.2) is 18.2 Å². The van der Waals surface area contributed by atoms with E-state index in [1.807, 2.05) is 19.1 Å². The highest BCUT2D eigenvalue weighted by atomic mass is 16.5. The van der Waals surface area contributed by atoms with E-state index >= 15 is 0 Å². The minimum absolute atomic E-state index is 0.326. The van der Waals surface area contributed by atoms with Gasteiger partial charge < -0.3 is 4.74 Å². The molecule has 0 saturated heterocycles. The second-order valence-corrected chi connectivity index (χ2v) is 4.31. The highest BCUT2D eigenvalue weighted by Gasteiger charge is 2.39. The molecular weight excluding hydrogens is 176 g/mol. The first-order valence-electron chi connectivity index (χ1n) is 4.86. The van der Waals surface area contributed by atoms with Gasteiger partial charge in [0.25, 0.3) is 6.47 Å². The highest BCUT2D eigenvalue weighted by Crippen LogP contribution is 2.48. The van der Waals surface area contributed by atoms with E-state index in [1.165, 1.54) is 18.4 Å². The van der Waals surface area contributed by atoms with Gasteiger partial charge >= 0.3 is 0 Å². The molecular formula is C12H14O2. The Labute approximate surface area is 83.9 Å². The molecule has 1 aromatic rings. The van der Waals surface area contributed by atoms with Crippen LogP contribution in [0.25, 0.3) is 0 Å². The standard InChI is InChI=1S/C12H14O2/c1-9-5-10(12(2)3-4-12)7-11(6-9)14-8-13/h5-8H,3-4H2,1-2H3. The lowest BCUT2D eigenvalue weighted by Crippen LogP contribution is -2.01. The monoisotopic (exact) mass is 190 g/mol. The fraction of sp³-hybridized carbons (Fsp3) is 0.417. The Hall–Kier alpha value is -1.31. The van der Waals surface area contributed by atoms with Crippen molar-refractivity contribution in [2.24, 2.45) is 0 Å². The van der Waals surface area contributed by atoms with E-state index in [0.29, 0.717) is 17.6 Å². The van der Waals surface area contributed by atoms with Gasteiger partial charge in [-0.2, -0.15) is 0 Å². The zero-order chi connectivity index (χ0) is 10.2. The van der Waals surface area contributed by atoms with E-state index in [2.05, 4.69) is 13.0 Å². The van der Waals surface area contributed by atoms with E-state index < -0.39 is 0 Å². The maximum Gasteiger partial charge on any atom is 0.298 e. The zero-order valence-corrected chi connectivity index (χ0v) is 8.54. The number of carbonyl (C=O) groups is 1. The molecule has 0 bridgehead atoms. The minimum atomic E-state index is 0.326. The lowest BCUT2D eigenvalue weighted by atomic mass is 9.96. The molecule has 0 aromatic heterocycles. The zero-order valence-electron chi connectivity index (χ0n) is 8.54. The molecule has 0 unspecified atom stereocenters. The van der Waals surface area contributed by atoms with Crippen molar-refractivity contribution in [3.8, 4) is 5.75 Å². The van der Waals surface area contributed by atoms with Gasteiger partial charge in [-0.1, -0.05) is 13.0 Å². The van der Waals surface area contributed by atoms with Gasteiger partial charge in [0.15, 0.2) is 0 Å². The predicted octanol–water partition coefficient (Wildman–Crippen LogP) is 2.58. The molecule has 0 N–H and O–H groups in total. The number of rotatable bonds is 3. The van der Waals surface area contributed by atoms with E-state index in [4.69, 9.17) is 4.74 Å². The molecule has 1 aliphatic rings. The molecule has 0 aliphatic heterocycles. The van der Waals surface area contributed by atoms with Gasteiger partial charge in [0.1, 0.15) is 5.75 Å². The van der Waals surface area contributed by atoms with Crippen molar-refractivity contribution >= 4 is 6.47 Å². The third kappa shape index (κ3) is 1.65. The summed E-state index contributed by atoms with van der Waals surface area (Å²) in [4.78, 5) is 10.2. The first-order chi connectivity index (χ1) is 6.64. The highest BCUT2D eigenvalue weighted by molar-refractivity contribution is 5.48. The van der Waals surface area contributed by atoms with Crippen LogP contribution in [0, 0.1) is 6.92 Å². The second kappa shape index (κ2) is 3.12. The van der Waals surface area contributed by atoms with Crippen molar-refractivity contribution in [2.45, 2.75) is 32.1 Å². The molecule has 1 aliphatic carbocycles. The molecule has 2 nitrogen and oxygen atoms in total. The van der Waals surface area contributed by atoms with Crippen molar-refractivity contribution < 1.29 is 9.53 Å². The number of carbonyl (C=O) groups excluding carboxylic acids is 1. The summed E-state index contributed by atoms with van der Waals surface area (Å²) in [6, 6.07) is 6.02. The molecule has 2 rings (SSSR count). The van der Waals surface area contributed by atoms with E-state index in [0.717, 1.165) is 5.56 Å². The van der Waals surface area contributed by atoms with Crippen LogP contribution in [0.5, 0.6) is 5.75 Å².